The second-order valence-electron chi connectivity index (χ2n) is 4.47. The fourth-order valence-corrected chi connectivity index (χ4v) is 2.14. The Morgan fingerprint density at radius 2 is 2.00 bits per heavy atom. The standard InChI is InChI=1S/C14H15N3O/c15-11-4-6-12(7-5-11)18-9-14-16-8-10-2-1-3-13(10)17-14/h4-8H,1-3,9,15H2. The van der Waals surface area contributed by atoms with Crippen molar-refractivity contribution in [3.05, 3.63) is 47.5 Å². The van der Waals surface area contributed by atoms with E-state index >= 15 is 0 Å². The Morgan fingerprint density at radius 1 is 1.17 bits per heavy atom. The van der Waals surface area contributed by atoms with Gasteiger partial charge in [-0.3, -0.25) is 0 Å². The maximum atomic E-state index is 5.63. The fraction of sp³-hybridized carbons (Fsp3) is 0.286. The molecule has 1 heterocycles. The predicted molar refractivity (Wildman–Crippen MR) is 69.2 cm³/mol. The minimum absolute atomic E-state index is 0.400. The Hall–Kier alpha value is -2.10. The van der Waals surface area contributed by atoms with E-state index in [0.29, 0.717) is 6.61 Å². The number of anilines is 1. The lowest BCUT2D eigenvalue weighted by Crippen LogP contribution is -2.04. The minimum Gasteiger partial charge on any atom is -0.486 e. The van der Waals surface area contributed by atoms with Gasteiger partial charge in [-0.05, 0) is 49.1 Å². The van der Waals surface area contributed by atoms with Gasteiger partial charge in [0.2, 0.25) is 0 Å². The molecule has 1 aromatic heterocycles. The highest BCUT2D eigenvalue weighted by atomic mass is 16.5. The molecule has 1 aliphatic rings. The zero-order chi connectivity index (χ0) is 12.4. The van der Waals surface area contributed by atoms with Gasteiger partial charge in [-0.25, -0.2) is 9.97 Å². The number of nitrogen functional groups attached to an aromatic ring is 1. The predicted octanol–water partition coefficient (Wildman–Crippen LogP) is 2.13. The summed E-state index contributed by atoms with van der Waals surface area (Å²) in [7, 11) is 0. The molecule has 1 aliphatic carbocycles. The summed E-state index contributed by atoms with van der Waals surface area (Å²) in [6.45, 7) is 0.400. The van der Waals surface area contributed by atoms with Gasteiger partial charge < -0.3 is 10.5 Å². The molecule has 4 heteroatoms. The average molecular weight is 241 g/mol. The monoisotopic (exact) mass is 241 g/mol. The van der Waals surface area contributed by atoms with E-state index in [-0.39, 0.29) is 0 Å². The summed E-state index contributed by atoms with van der Waals surface area (Å²) < 4.78 is 5.63. The SMILES string of the molecule is Nc1ccc(OCc2ncc3c(n2)CCC3)cc1. The van der Waals surface area contributed by atoms with Crippen LogP contribution in [0, 0.1) is 0 Å². The fourth-order valence-electron chi connectivity index (χ4n) is 2.14. The number of nitrogens with zero attached hydrogens (tertiary/aromatic N) is 2. The number of benzene rings is 1. The van der Waals surface area contributed by atoms with Crippen molar-refractivity contribution in [3.8, 4) is 5.75 Å². The molecule has 92 valence electrons. The van der Waals surface area contributed by atoms with Gasteiger partial charge in [0.05, 0.1) is 0 Å². The molecular formula is C14H15N3O. The average Bonchev–Trinajstić information content (AvgIpc) is 2.85. The van der Waals surface area contributed by atoms with Crippen LogP contribution in [0.15, 0.2) is 30.5 Å². The third-order valence-electron chi connectivity index (χ3n) is 3.11. The third-order valence-corrected chi connectivity index (χ3v) is 3.11. The molecule has 1 aromatic carbocycles. The maximum Gasteiger partial charge on any atom is 0.166 e. The minimum atomic E-state index is 0.400. The molecular weight excluding hydrogens is 226 g/mol. The second-order valence-corrected chi connectivity index (χ2v) is 4.47. The Bertz CT molecular complexity index is 551. The molecule has 0 amide bonds. The third kappa shape index (κ3) is 2.27. The number of hydrogen-bond acceptors (Lipinski definition) is 4. The van der Waals surface area contributed by atoms with Crippen LogP contribution >= 0.6 is 0 Å². The molecule has 0 radical (unpaired) electrons. The lowest BCUT2D eigenvalue weighted by Gasteiger charge is -2.06. The Morgan fingerprint density at radius 3 is 2.83 bits per heavy atom. The van der Waals surface area contributed by atoms with Gasteiger partial charge in [0, 0.05) is 17.6 Å². The van der Waals surface area contributed by atoms with Crippen LogP contribution in [0.1, 0.15) is 23.5 Å². The van der Waals surface area contributed by atoms with Crippen LogP contribution in [0.25, 0.3) is 0 Å². The first kappa shape index (κ1) is 11.0. The van der Waals surface area contributed by atoms with Crippen molar-refractivity contribution in [2.24, 2.45) is 0 Å². The highest BCUT2D eigenvalue weighted by Crippen LogP contribution is 2.19. The lowest BCUT2D eigenvalue weighted by atomic mass is 10.3. The summed E-state index contributed by atoms with van der Waals surface area (Å²) in [5, 5.41) is 0. The van der Waals surface area contributed by atoms with E-state index in [9.17, 15) is 0 Å². The summed E-state index contributed by atoms with van der Waals surface area (Å²) in [5.41, 5.74) is 8.81. The van der Waals surface area contributed by atoms with Crippen LogP contribution in [0.2, 0.25) is 0 Å². The molecule has 0 fully saturated rings. The van der Waals surface area contributed by atoms with Gasteiger partial charge in [0.1, 0.15) is 12.4 Å². The number of nitrogens with two attached hydrogens (primary N) is 1. The number of rotatable bonds is 3. The summed E-state index contributed by atoms with van der Waals surface area (Å²) in [4.78, 5) is 8.85. The highest BCUT2D eigenvalue weighted by Gasteiger charge is 2.13. The molecule has 4 nitrogen and oxygen atoms in total. The molecule has 0 bridgehead atoms. The maximum absolute atomic E-state index is 5.63. The molecule has 0 unspecified atom stereocenters. The molecule has 0 spiro atoms. The molecule has 0 saturated heterocycles. The van der Waals surface area contributed by atoms with Crippen LogP contribution in [-0.2, 0) is 19.4 Å². The van der Waals surface area contributed by atoms with Crippen molar-refractivity contribution in [1.29, 1.82) is 0 Å². The van der Waals surface area contributed by atoms with Crippen LogP contribution in [0.5, 0.6) is 5.75 Å². The first-order chi connectivity index (χ1) is 8.81. The smallest absolute Gasteiger partial charge is 0.166 e. The zero-order valence-electron chi connectivity index (χ0n) is 10.1. The number of aryl methyl sites for hydroxylation is 2. The van der Waals surface area contributed by atoms with E-state index in [2.05, 4.69) is 9.97 Å². The molecule has 0 aliphatic heterocycles. The Kier molecular flexibility index (Phi) is 2.84. The van der Waals surface area contributed by atoms with E-state index in [0.717, 1.165) is 30.1 Å². The number of hydrogen-bond donors (Lipinski definition) is 1. The first-order valence-electron chi connectivity index (χ1n) is 6.13. The number of aromatic nitrogens is 2. The van der Waals surface area contributed by atoms with E-state index in [1.54, 1.807) is 0 Å². The highest BCUT2D eigenvalue weighted by molar-refractivity contribution is 5.41. The number of fused-ring (bicyclic) bond motifs is 1. The number of ether oxygens (including phenoxy) is 1. The van der Waals surface area contributed by atoms with Crippen LogP contribution in [0.4, 0.5) is 5.69 Å². The molecule has 18 heavy (non-hydrogen) atoms. The van der Waals surface area contributed by atoms with Gasteiger partial charge in [0.25, 0.3) is 0 Å². The van der Waals surface area contributed by atoms with Gasteiger partial charge in [0.15, 0.2) is 5.82 Å². The Labute approximate surface area is 106 Å². The van der Waals surface area contributed by atoms with Crippen molar-refractivity contribution in [1.82, 2.24) is 9.97 Å². The molecule has 0 saturated carbocycles. The van der Waals surface area contributed by atoms with Crippen LogP contribution < -0.4 is 10.5 Å². The topological polar surface area (TPSA) is 61.0 Å². The molecule has 0 atom stereocenters. The summed E-state index contributed by atoms with van der Waals surface area (Å²) >= 11 is 0. The summed E-state index contributed by atoms with van der Waals surface area (Å²) in [6, 6.07) is 7.34. The Balaban J connectivity index is 1.68. The van der Waals surface area contributed by atoms with Gasteiger partial charge in [-0.15, -0.1) is 0 Å². The van der Waals surface area contributed by atoms with Crippen molar-refractivity contribution < 1.29 is 4.74 Å². The second kappa shape index (κ2) is 4.64. The van der Waals surface area contributed by atoms with Crippen LogP contribution in [-0.4, -0.2) is 9.97 Å². The largest absolute Gasteiger partial charge is 0.486 e. The van der Waals surface area contributed by atoms with E-state index in [1.165, 1.54) is 17.7 Å². The molecule has 3 rings (SSSR count). The van der Waals surface area contributed by atoms with Crippen molar-refractivity contribution in [2.75, 3.05) is 5.73 Å². The van der Waals surface area contributed by atoms with Gasteiger partial charge in [-0.2, -0.15) is 0 Å². The van der Waals surface area contributed by atoms with Crippen molar-refractivity contribution in [3.63, 3.8) is 0 Å². The van der Waals surface area contributed by atoms with E-state index < -0.39 is 0 Å². The first-order valence-corrected chi connectivity index (χ1v) is 6.13. The summed E-state index contributed by atoms with van der Waals surface area (Å²) in [6.07, 6.45) is 5.28. The quantitative estimate of drug-likeness (QED) is 0.836. The summed E-state index contributed by atoms with van der Waals surface area (Å²) in [5.74, 6) is 1.53. The van der Waals surface area contributed by atoms with Crippen LogP contribution in [0.3, 0.4) is 0 Å². The normalized spacial score (nSPS) is 13.3. The van der Waals surface area contributed by atoms with Gasteiger partial charge in [-0.1, -0.05) is 0 Å². The van der Waals surface area contributed by atoms with E-state index in [1.807, 2.05) is 30.5 Å². The lowest BCUT2D eigenvalue weighted by molar-refractivity contribution is 0.295. The van der Waals surface area contributed by atoms with Crippen molar-refractivity contribution in [2.45, 2.75) is 25.9 Å². The zero-order valence-corrected chi connectivity index (χ0v) is 10.1. The van der Waals surface area contributed by atoms with E-state index in [4.69, 9.17) is 10.5 Å². The van der Waals surface area contributed by atoms with Gasteiger partial charge >= 0.3 is 0 Å². The van der Waals surface area contributed by atoms with Crippen molar-refractivity contribution >= 4 is 5.69 Å². The molecule has 2 aromatic rings. The molecule has 2 N–H and O–H groups in total.